The molecule has 0 bridgehead atoms. The van der Waals surface area contributed by atoms with Crippen molar-refractivity contribution in [3.63, 3.8) is 0 Å². The van der Waals surface area contributed by atoms with Gasteiger partial charge in [-0.15, -0.1) is 0 Å². The molecule has 3 nitrogen and oxygen atoms in total. The maximum absolute atomic E-state index is 9.44. The first-order valence-corrected chi connectivity index (χ1v) is 6.93. The van der Waals surface area contributed by atoms with Crippen LogP contribution in [0.25, 0.3) is 0 Å². The van der Waals surface area contributed by atoms with Crippen LogP contribution in [0.15, 0.2) is 48.5 Å². The maximum atomic E-state index is 9.44. The Kier molecular flexibility index (Phi) is 5.02. The summed E-state index contributed by atoms with van der Waals surface area (Å²) in [5, 5.41) is 22.1. The van der Waals surface area contributed by atoms with Gasteiger partial charge in [-0.05, 0) is 43.0 Å². The van der Waals surface area contributed by atoms with Gasteiger partial charge in [-0.25, -0.2) is 0 Å². The number of rotatable bonds is 6. The molecular weight excluding hydrogens is 250 g/mol. The van der Waals surface area contributed by atoms with Gasteiger partial charge in [0.25, 0.3) is 0 Å². The van der Waals surface area contributed by atoms with Gasteiger partial charge in [0, 0.05) is 12.6 Å². The van der Waals surface area contributed by atoms with Gasteiger partial charge in [-0.2, -0.15) is 0 Å². The van der Waals surface area contributed by atoms with E-state index in [9.17, 15) is 10.2 Å². The average molecular weight is 271 g/mol. The number of benzene rings is 2. The molecule has 20 heavy (non-hydrogen) atoms. The Bertz CT molecular complexity index is 540. The minimum absolute atomic E-state index is 0.0683. The first-order chi connectivity index (χ1) is 9.65. The summed E-state index contributed by atoms with van der Waals surface area (Å²) in [6.45, 7) is 2.84. The van der Waals surface area contributed by atoms with Crippen LogP contribution in [0.4, 0.5) is 0 Å². The Morgan fingerprint density at radius 2 is 1.70 bits per heavy atom. The van der Waals surface area contributed by atoms with E-state index in [0.29, 0.717) is 12.6 Å². The largest absolute Gasteiger partial charge is 0.504 e. The van der Waals surface area contributed by atoms with Crippen molar-refractivity contribution >= 4 is 0 Å². The molecule has 0 spiro atoms. The number of hydrogen-bond acceptors (Lipinski definition) is 3. The average Bonchev–Trinajstić information content (AvgIpc) is 2.47. The fraction of sp³-hybridized carbons (Fsp3) is 0.294. The van der Waals surface area contributed by atoms with Gasteiger partial charge in [0.1, 0.15) is 0 Å². The summed E-state index contributed by atoms with van der Waals surface area (Å²) in [4.78, 5) is 0. The second-order valence-electron chi connectivity index (χ2n) is 5.13. The maximum Gasteiger partial charge on any atom is 0.157 e. The highest BCUT2D eigenvalue weighted by Gasteiger charge is 2.04. The minimum atomic E-state index is -0.0779. The lowest BCUT2D eigenvalue weighted by Gasteiger charge is -2.14. The molecule has 0 fully saturated rings. The quantitative estimate of drug-likeness (QED) is 0.707. The normalized spacial score (nSPS) is 12.2. The van der Waals surface area contributed by atoms with Crippen LogP contribution >= 0.6 is 0 Å². The molecule has 3 N–H and O–H groups in total. The SMILES string of the molecule is CC(CCc1ccccc1)NCc1ccc(O)c(O)c1. The van der Waals surface area contributed by atoms with Crippen LogP contribution in [0.1, 0.15) is 24.5 Å². The molecule has 0 aliphatic carbocycles. The van der Waals surface area contributed by atoms with Crippen molar-refractivity contribution in [1.29, 1.82) is 0 Å². The Balaban J connectivity index is 1.77. The highest BCUT2D eigenvalue weighted by atomic mass is 16.3. The molecule has 0 saturated heterocycles. The molecule has 2 aromatic rings. The van der Waals surface area contributed by atoms with Crippen molar-refractivity contribution in [2.24, 2.45) is 0 Å². The van der Waals surface area contributed by atoms with Gasteiger partial charge in [0.15, 0.2) is 11.5 Å². The summed E-state index contributed by atoms with van der Waals surface area (Å²) in [5.41, 5.74) is 2.32. The van der Waals surface area contributed by atoms with Crippen LogP contribution in [-0.4, -0.2) is 16.3 Å². The highest BCUT2D eigenvalue weighted by molar-refractivity contribution is 5.40. The number of aromatic hydroxyl groups is 2. The zero-order valence-electron chi connectivity index (χ0n) is 11.7. The Morgan fingerprint density at radius 3 is 2.40 bits per heavy atom. The standard InChI is InChI=1S/C17H21NO2/c1-13(7-8-14-5-3-2-4-6-14)18-12-15-9-10-16(19)17(20)11-15/h2-6,9-11,13,18-20H,7-8,12H2,1H3. The summed E-state index contributed by atoms with van der Waals surface area (Å²) in [6.07, 6.45) is 2.11. The zero-order chi connectivity index (χ0) is 14.4. The third-order valence-electron chi connectivity index (χ3n) is 3.40. The van der Waals surface area contributed by atoms with Crippen LogP contribution in [0.2, 0.25) is 0 Å². The molecule has 106 valence electrons. The summed E-state index contributed by atoms with van der Waals surface area (Å²) in [7, 11) is 0. The molecule has 0 radical (unpaired) electrons. The van der Waals surface area contributed by atoms with Crippen LogP contribution < -0.4 is 5.32 Å². The van der Waals surface area contributed by atoms with E-state index in [2.05, 4.69) is 36.5 Å². The summed E-state index contributed by atoms with van der Waals surface area (Å²) in [5.74, 6) is -0.146. The van der Waals surface area contributed by atoms with E-state index >= 15 is 0 Å². The lowest BCUT2D eigenvalue weighted by Crippen LogP contribution is -2.25. The van der Waals surface area contributed by atoms with Gasteiger partial charge < -0.3 is 15.5 Å². The summed E-state index contributed by atoms with van der Waals surface area (Å²) < 4.78 is 0. The molecule has 3 heteroatoms. The summed E-state index contributed by atoms with van der Waals surface area (Å²) in [6, 6.07) is 15.8. The van der Waals surface area contributed by atoms with Gasteiger partial charge >= 0.3 is 0 Å². The van der Waals surface area contributed by atoms with Crippen molar-refractivity contribution < 1.29 is 10.2 Å². The van der Waals surface area contributed by atoms with Crippen LogP contribution in [0.5, 0.6) is 11.5 Å². The molecule has 2 rings (SSSR count). The molecule has 0 aromatic heterocycles. The number of phenols is 2. The van der Waals surface area contributed by atoms with Gasteiger partial charge in [-0.3, -0.25) is 0 Å². The molecule has 0 amide bonds. The fourth-order valence-corrected chi connectivity index (χ4v) is 2.10. The van der Waals surface area contributed by atoms with E-state index in [0.717, 1.165) is 18.4 Å². The Labute approximate surface area is 119 Å². The predicted octanol–water partition coefficient (Wildman–Crippen LogP) is 3.21. The van der Waals surface area contributed by atoms with Crippen molar-refractivity contribution in [2.45, 2.75) is 32.4 Å². The first kappa shape index (κ1) is 14.4. The lowest BCUT2D eigenvalue weighted by atomic mass is 10.1. The number of phenolic OH excluding ortho intramolecular Hbond substituents is 2. The number of aryl methyl sites for hydroxylation is 1. The Morgan fingerprint density at radius 1 is 0.950 bits per heavy atom. The van der Waals surface area contributed by atoms with Crippen molar-refractivity contribution in [1.82, 2.24) is 5.32 Å². The van der Waals surface area contributed by atoms with Crippen molar-refractivity contribution in [3.05, 3.63) is 59.7 Å². The van der Waals surface area contributed by atoms with Crippen molar-refractivity contribution in [2.75, 3.05) is 0 Å². The minimum Gasteiger partial charge on any atom is -0.504 e. The second kappa shape index (κ2) is 6.96. The van der Waals surface area contributed by atoms with Gasteiger partial charge in [-0.1, -0.05) is 36.4 Å². The molecule has 0 saturated carbocycles. The third kappa shape index (κ3) is 4.28. The van der Waals surface area contributed by atoms with Crippen LogP contribution in [0.3, 0.4) is 0 Å². The predicted molar refractivity (Wildman–Crippen MR) is 80.8 cm³/mol. The monoisotopic (exact) mass is 271 g/mol. The Hall–Kier alpha value is -2.00. The molecular formula is C17H21NO2. The van der Waals surface area contributed by atoms with Gasteiger partial charge in [0.2, 0.25) is 0 Å². The number of hydrogen-bond donors (Lipinski definition) is 3. The molecule has 1 atom stereocenters. The van der Waals surface area contributed by atoms with E-state index in [1.165, 1.54) is 11.6 Å². The zero-order valence-corrected chi connectivity index (χ0v) is 11.7. The van der Waals surface area contributed by atoms with E-state index in [1.807, 2.05) is 12.1 Å². The topological polar surface area (TPSA) is 52.5 Å². The highest BCUT2D eigenvalue weighted by Crippen LogP contribution is 2.24. The van der Waals surface area contributed by atoms with Crippen molar-refractivity contribution in [3.8, 4) is 11.5 Å². The van der Waals surface area contributed by atoms with E-state index < -0.39 is 0 Å². The molecule has 1 unspecified atom stereocenters. The second-order valence-corrected chi connectivity index (χ2v) is 5.13. The van der Waals surface area contributed by atoms with E-state index in [4.69, 9.17) is 0 Å². The first-order valence-electron chi connectivity index (χ1n) is 6.93. The van der Waals surface area contributed by atoms with Gasteiger partial charge in [0.05, 0.1) is 0 Å². The molecule has 0 aliphatic rings. The lowest BCUT2D eigenvalue weighted by molar-refractivity contribution is 0.402. The fourth-order valence-electron chi connectivity index (χ4n) is 2.10. The molecule has 0 aliphatic heterocycles. The summed E-state index contributed by atoms with van der Waals surface area (Å²) >= 11 is 0. The molecule has 0 heterocycles. The molecule has 2 aromatic carbocycles. The van der Waals surface area contributed by atoms with E-state index in [-0.39, 0.29) is 11.5 Å². The van der Waals surface area contributed by atoms with E-state index in [1.54, 1.807) is 6.07 Å². The smallest absolute Gasteiger partial charge is 0.157 e. The van der Waals surface area contributed by atoms with Crippen LogP contribution in [-0.2, 0) is 13.0 Å². The number of nitrogens with one attached hydrogen (secondary N) is 1. The third-order valence-corrected chi connectivity index (χ3v) is 3.40. The van der Waals surface area contributed by atoms with Crippen LogP contribution in [0, 0.1) is 0 Å².